The predicted molar refractivity (Wildman–Crippen MR) is 86.5 cm³/mol. The van der Waals surface area contributed by atoms with Crippen LogP contribution in [0.3, 0.4) is 0 Å². The Balaban J connectivity index is 2.14. The van der Waals surface area contributed by atoms with Crippen molar-refractivity contribution in [1.82, 2.24) is 14.7 Å². The van der Waals surface area contributed by atoms with Crippen LogP contribution in [0.25, 0.3) is 0 Å². The van der Waals surface area contributed by atoms with Crippen molar-refractivity contribution in [2.75, 3.05) is 26.3 Å². The SMILES string of the molecule is CCn1nc(C)c(Br)c1CC(O)C(C)(C)N1CCOCC1. The van der Waals surface area contributed by atoms with Gasteiger partial charge in [-0.15, -0.1) is 0 Å². The molecule has 0 radical (unpaired) electrons. The number of aliphatic hydroxyl groups is 1. The molecule has 0 aromatic carbocycles. The van der Waals surface area contributed by atoms with E-state index in [0.29, 0.717) is 6.42 Å². The molecule has 1 atom stereocenters. The number of nitrogens with zero attached hydrogens (tertiary/aromatic N) is 3. The third-order valence-corrected chi connectivity index (χ3v) is 5.51. The number of hydrogen-bond donors (Lipinski definition) is 1. The molecule has 120 valence electrons. The largest absolute Gasteiger partial charge is 0.391 e. The van der Waals surface area contributed by atoms with E-state index in [0.717, 1.165) is 48.7 Å². The topological polar surface area (TPSA) is 50.5 Å². The molecule has 0 saturated carbocycles. The number of halogens is 1. The van der Waals surface area contributed by atoms with Crippen LogP contribution in [0.2, 0.25) is 0 Å². The molecule has 2 heterocycles. The number of aryl methyl sites for hydroxylation is 2. The lowest BCUT2D eigenvalue weighted by atomic mass is 9.91. The molecule has 0 spiro atoms. The molecule has 1 unspecified atom stereocenters. The van der Waals surface area contributed by atoms with Crippen molar-refractivity contribution in [2.24, 2.45) is 0 Å². The van der Waals surface area contributed by atoms with Gasteiger partial charge in [0.15, 0.2) is 0 Å². The van der Waals surface area contributed by atoms with Gasteiger partial charge in [-0.2, -0.15) is 5.10 Å². The fourth-order valence-electron chi connectivity index (χ4n) is 2.85. The summed E-state index contributed by atoms with van der Waals surface area (Å²) in [6.07, 6.45) is 0.146. The van der Waals surface area contributed by atoms with Crippen molar-refractivity contribution in [3.63, 3.8) is 0 Å². The minimum Gasteiger partial charge on any atom is -0.391 e. The highest BCUT2D eigenvalue weighted by atomic mass is 79.9. The van der Waals surface area contributed by atoms with Crippen molar-refractivity contribution in [2.45, 2.75) is 52.3 Å². The van der Waals surface area contributed by atoms with Crippen LogP contribution in [-0.4, -0.2) is 57.7 Å². The van der Waals surface area contributed by atoms with E-state index in [1.165, 1.54) is 0 Å². The van der Waals surface area contributed by atoms with Crippen LogP contribution in [0.4, 0.5) is 0 Å². The minimum absolute atomic E-state index is 0.278. The lowest BCUT2D eigenvalue weighted by molar-refractivity contribution is -0.0617. The van der Waals surface area contributed by atoms with Crippen LogP contribution in [-0.2, 0) is 17.7 Å². The first-order valence-corrected chi connectivity index (χ1v) is 8.39. The van der Waals surface area contributed by atoms with Crippen molar-refractivity contribution < 1.29 is 9.84 Å². The van der Waals surface area contributed by atoms with Crippen LogP contribution in [0.15, 0.2) is 4.47 Å². The molecule has 21 heavy (non-hydrogen) atoms. The predicted octanol–water partition coefficient (Wildman–Crippen LogP) is 1.99. The van der Waals surface area contributed by atoms with Crippen molar-refractivity contribution in [1.29, 1.82) is 0 Å². The highest BCUT2D eigenvalue weighted by molar-refractivity contribution is 9.10. The molecule has 1 aromatic rings. The Morgan fingerprint density at radius 2 is 2.00 bits per heavy atom. The molecule has 1 saturated heterocycles. The van der Waals surface area contributed by atoms with E-state index in [-0.39, 0.29) is 5.54 Å². The lowest BCUT2D eigenvalue weighted by Crippen LogP contribution is -2.56. The number of aromatic nitrogens is 2. The summed E-state index contributed by atoms with van der Waals surface area (Å²) in [4.78, 5) is 2.31. The number of rotatable bonds is 5. The molecule has 1 N–H and O–H groups in total. The van der Waals surface area contributed by atoms with Gasteiger partial charge in [-0.3, -0.25) is 9.58 Å². The maximum Gasteiger partial charge on any atom is 0.0774 e. The summed E-state index contributed by atoms with van der Waals surface area (Å²) >= 11 is 3.61. The van der Waals surface area contributed by atoms with Crippen LogP contribution in [0, 0.1) is 6.92 Å². The van der Waals surface area contributed by atoms with Gasteiger partial charge < -0.3 is 9.84 Å². The monoisotopic (exact) mass is 359 g/mol. The average Bonchev–Trinajstić information content (AvgIpc) is 2.75. The smallest absolute Gasteiger partial charge is 0.0774 e. The van der Waals surface area contributed by atoms with Gasteiger partial charge in [-0.1, -0.05) is 0 Å². The zero-order chi connectivity index (χ0) is 15.6. The minimum atomic E-state index is -0.451. The van der Waals surface area contributed by atoms with Crippen LogP contribution in [0.1, 0.15) is 32.2 Å². The number of ether oxygens (including phenoxy) is 1. The van der Waals surface area contributed by atoms with E-state index in [2.05, 4.69) is 46.7 Å². The summed E-state index contributed by atoms with van der Waals surface area (Å²) in [6.45, 7) is 12.3. The summed E-state index contributed by atoms with van der Waals surface area (Å²) in [5.74, 6) is 0. The van der Waals surface area contributed by atoms with E-state index in [1.807, 2.05) is 11.6 Å². The Hall–Kier alpha value is -0.430. The molecule has 1 aromatic heterocycles. The summed E-state index contributed by atoms with van der Waals surface area (Å²) in [5, 5.41) is 15.3. The van der Waals surface area contributed by atoms with E-state index >= 15 is 0 Å². The Kier molecular flexibility index (Phi) is 5.46. The van der Waals surface area contributed by atoms with E-state index in [9.17, 15) is 5.11 Å². The second-order valence-corrected chi connectivity index (χ2v) is 6.93. The van der Waals surface area contributed by atoms with Gasteiger partial charge >= 0.3 is 0 Å². The van der Waals surface area contributed by atoms with Gasteiger partial charge in [0.25, 0.3) is 0 Å². The van der Waals surface area contributed by atoms with Crippen molar-refractivity contribution >= 4 is 15.9 Å². The molecule has 1 aliphatic heterocycles. The number of aliphatic hydroxyl groups excluding tert-OH is 1. The molecule has 0 aliphatic carbocycles. The first-order valence-electron chi connectivity index (χ1n) is 7.60. The van der Waals surface area contributed by atoms with Gasteiger partial charge in [0.05, 0.1) is 35.2 Å². The van der Waals surface area contributed by atoms with E-state index in [4.69, 9.17) is 4.74 Å². The van der Waals surface area contributed by atoms with Crippen LogP contribution < -0.4 is 0 Å². The molecule has 1 aliphatic rings. The van der Waals surface area contributed by atoms with Gasteiger partial charge in [0.2, 0.25) is 0 Å². The second-order valence-electron chi connectivity index (χ2n) is 6.13. The molecule has 5 nitrogen and oxygen atoms in total. The molecule has 2 rings (SSSR count). The molecular formula is C15H26BrN3O2. The van der Waals surface area contributed by atoms with Crippen molar-refractivity contribution in [3.05, 3.63) is 15.9 Å². The highest BCUT2D eigenvalue weighted by Gasteiger charge is 2.36. The van der Waals surface area contributed by atoms with Gasteiger partial charge in [-0.25, -0.2) is 0 Å². The van der Waals surface area contributed by atoms with Gasteiger partial charge in [0, 0.05) is 31.6 Å². The molecular weight excluding hydrogens is 334 g/mol. The summed E-state index contributed by atoms with van der Waals surface area (Å²) < 4.78 is 8.39. The molecule has 0 amide bonds. The Bertz CT molecular complexity index is 482. The first kappa shape index (κ1) is 16.9. The summed E-state index contributed by atoms with van der Waals surface area (Å²) in [7, 11) is 0. The van der Waals surface area contributed by atoms with E-state index < -0.39 is 6.10 Å². The Morgan fingerprint density at radius 1 is 1.38 bits per heavy atom. The fraction of sp³-hybridized carbons (Fsp3) is 0.800. The molecule has 6 heteroatoms. The van der Waals surface area contributed by atoms with Crippen LogP contribution >= 0.6 is 15.9 Å². The van der Waals surface area contributed by atoms with E-state index in [1.54, 1.807) is 0 Å². The first-order chi connectivity index (χ1) is 9.87. The quantitative estimate of drug-likeness (QED) is 0.873. The van der Waals surface area contributed by atoms with Crippen molar-refractivity contribution in [3.8, 4) is 0 Å². The number of morpholine rings is 1. The van der Waals surface area contributed by atoms with Crippen LogP contribution in [0.5, 0.6) is 0 Å². The standard InChI is InChI=1S/C15H26BrN3O2/c1-5-19-12(14(16)11(2)17-19)10-13(20)15(3,4)18-6-8-21-9-7-18/h13,20H,5-10H2,1-4H3. The second kappa shape index (κ2) is 6.77. The normalized spacial score (nSPS) is 19.0. The molecule has 1 fully saturated rings. The third kappa shape index (κ3) is 3.50. The zero-order valence-corrected chi connectivity index (χ0v) is 15.0. The summed E-state index contributed by atoms with van der Waals surface area (Å²) in [5.41, 5.74) is 1.77. The Labute approximate surface area is 135 Å². The number of hydrogen-bond acceptors (Lipinski definition) is 4. The Morgan fingerprint density at radius 3 is 2.57 bits per heavy atom. The lowest BCUT2D eigenvalue weighted by Gasteiger charge is -2.43. The third-order valence-electron chi connectivity index (χ3n) is 4.48. The maximum absolute atomic E-state index is 10.8. The summed E-state index contributed by atoms with van der Waals surface area (Å²) in [6, 6.07) is 0. The van der Waals surface area contributed by atoms with Gasteiger partial charge in [-0.05, 0) is 43.6 Å². The molecule has 0 bridgehead atoms. The highest BCUT2D eigenvalue weighted by Crippen LogP contribution is 2.27. The zero-order valence-electron chi connectivity index (χ0n) is 13.4. The van der Waals surface area contributed by atoms with Gasteiger partial charge in [0.1, 0.15) is 0 Å². The average molecular weight is 360 g/mol. The maximum atomic E-state index is 10.8. The fourth-order valence-corrected chi connectivity index (χ4v) is 3.29.